The smallest absolute Gasteiger partial charge is 0.222 e. The van der Waals surface area contributed by atoms with Gasteiger partial charge < -0.3 is 17.0 Å². The van der Waals surface area contributed by atoms with Crippen molar-refractivity contribution < 1.29 is 22.4 Å². The van der Waals surface area contributed by atoms with Gasteiger partial charge in [-0.3, -0.25) is 0 Å². The molecule has 1 aromatic carbocycles. The molecule has 92 valence electrons. The fraction of sp³-hybridized carbons (Fsp3) is 0.0714. The predicted octanol–water partition coefficient (Wildman–Crippen LogP) is -1.34. The average molecular weight is 304 g/mol. The summed E-state index contributed by atoms with van der Waals surface area (Å²) in [5.41, 5.74) is 5.36. The number of amidine groups is 1. The number of aliphatic imine (C=N–C) groups is 1. The lowest BCUT2D eigenvalue weighted by molar-refractivity contribution is -0.688. The molecule has 0 saturated heterocycles. The molecule has 0 fully saturated rings. The van der Waals surface area contributed by atoms with Crippen LogP contribution in [0.3, 0.4) is 0 Å². The molecule has 2 aliphatic heterocycles. The van der Waals surface area contributed by atoms with Crippen LogP contribution in [0.15, 0.2) is 65.4 Å². The van der Waals surface area contributed by atoms with Crippen LogP contribution in [0.4, 0.5) is 0 Å². The fourth-order valence-corrected chi connectivity index (χ4v) is 2.04. The van der Waals surface area contributed by atoms with E-state index in [0.717, 1.165) is 22.8 Å². The first kappa shape index (κ1) is 12.8. The maximum absolute atomic E-state index is 4.65. The molecule has 0 atom stereocenters. The summed E-state index contributed by atoms with van der Waals surface area (Å²) >= 11 is 0. The normalized spacial score (nSPS) is 17.2. The van der Waals surface area contributed by atoms with Gasteiger partial charge in [-0.15, -0.1) is 0 Å². The molecule has 4 heteroatoms. The average Bonchev–Trinajstić information content (AvgIpc) is 2.39. The van der Waals surface area contributed by atoms with Crippen LogP contribution in [-0.2, 0) is 0 Å². The standard InChI is InChI=1S/C14H13N3.BrH/c1-11-15-14(12-7-3-2-4-8-12)13-9-5-6-10-17(13)16-11;/h2-10H,1H3,(H,15,16);1H. The molecular weight excluding hydrogens is 290 g/mol. The van der Waals surface area contributed by atoms with Gasteiger partial charge in [-0.2, -0.15) is 15.4 Å². The van der Waals surface area contributed by atoms with E-state index in [9.17, 15) is 0 Å². The fourth-order valence-electron chi connectivity index (χ4n) is 2.04. The molecule has 0 amide bonds. The van der Waals surface area contributed by atoms with Crippen LogP contribution in [0.25, 0.3) is 5.70 Å². The van der Waals surface area contributed by atoms with E-state index < -0.39 is 0 Å². The van der Waals surface area contributed by atoms with Crippen LogP contribution < -0.4 is 22.4 Å². The number of halogens is 1. The minimum absolute atomic E-state index is 0. The molecule has 18 heavy (non-hydrogen) atoms. The van der Waals surface area contributed by atoms with E-state index >= 15 is 0 Å². The molecule has 2 N–H and O–H groups in total. The lowest BCUT2D eigenvalue weighted by Gasteiger charge is -2.25. The number of quaternary nitrogens is 1. The van der Waals surface area contributed by atoms with Crippen molar-refractivity contribution in [2.75, 3.05) is 0 Å². The van der Waals surface area contributed by atoms with E-state index in [0.29, 0.717) is 0 Å². The number of nitrogens with two attached hydrogens (primary N) is 1. The molecule has 3 nitrogen and oxygen atoms in total. The molecule has 0 aromatic heterocycles. The first-order valence-corrected chi connectivity index (χ1v) is 5.68. The van der Waals surface area contributed by atoms with E-state index in [-0.39, 0.29) is 17.0 Å². The van der Waals surface area contributed by atoms with Crippen molar-refractivity contribution >= 4 is 11.5 Å². The zero-order valence-electron chi connectivity index (χ0n) is 10.0. The Morgan fingerprint density at radius 3 is 2.67 bits per heavy atom. The summed E-state index contributed by atoms with van der Waals surface area (Å²) < 4.78 is 0. The molecule has 0 saturated carbocycles. The maximum atomic E-state index is 4.65. The van der Waals surface area contributed by atoms with E-state index in [4.69, 9.17) is 0 Å². The number of rotatable bonds is 1. The third kappa shape index (κ3) is 2.30. The Morgan fingerprint density at radius 1 is 1.11 bits per heavy atom. The largest absolute Gasteiger partial charge is 1.00 e. The van der Waals surface area contributed by atoms with Gasteiger partial charge in [0.1, 0.15) is 11.4 Å². The molecule has 0 radical (unpaired) electrons. The number of hydrogen-bond donors (Lipinski definition) is 1. The third-order valence-corrected chi connectivity index (χ3v) is 2.79. The second-order valence-electron chi connectivity index (χ2n) is 4.09. The van der Waals surface area contributed by atoms with E-state index in [2.05, 4.69) is 34.4 Å². The van der Waals surface area contributed by atoms with Gasteiger partial charge >= 0.3 is 0 Å². The highest BCUT2D eigenvalue weighted by molar-refractivity contribution is 5.83. The minimum atomic E-state index is 0. The van der Waals surface area contributed by atoms with Crippen molar-refractivity contribution in [3.05, 3.63) is 66.0 Å². The summed E-state index contributed by atoms with van der Waals surface area (Å²) in [5, 5.41) is 2.12. The van der Waals surface area contributed by atoms with Gasteiger partial charge in [-0.05, 0) is 12.2 Å². The molecular formula is C14H14BrN3. The van der Waals surface area contributed by atoms with Crippen LogP contribution in [-0.4, -0.2) is 10.8 Å². The second-order valence-corrected chi connectivity index (χ2v) is 4.09. The van der Waals surface area contributed by atoms with Crippen molar-refractivity contribution in [1.82, 2.24) is 5.01 Å². The van der Waals surface area contributed by atoms with Crippen LogP contribution in [0.5, 0.6) is 0 Å². The number of nitrogens with zero attached hydrogens (tertiary/aromatic N) is 2. The van der Waals surface area contributed by atoms with Gasteiger partial charge in [0, 0.05) is 12.5 Å². The Bertz CT molecular complexity index is 556. The summed E-state index contributed by atoms with van der Waals surface area (Å²) in [7, 11) is 0. The molecule has 0 spiro atoms. The molecule has 1 aromatic rings. The maximum Gasteiger partial charge on any atom is 0.222 e. The summed E-state index contributed by atoms with van der Waals surface area (Å²) in [5.74, 6) is 1.02. The van der Waals surface area contributed by atoms with Gasteiger partial charge in [0.2, 0.25) is 5.84 Å². The quantitative estimate of drug-likeness (QED) is 0.640. The summed E-state index contributed by atoms with van der Waals surface area (Å²) in [4.78, 5) is 4.65. The molecule has 0 bridgehead atoms. The summed E-state index contributed by atoms with van der Waals surface area (Å²) in [6.07, 6.45) is 8.21. The zero-order chi connectivity index (χ0) is 11.7. The Labute approximate surface area is 117 Å². The highest BCUT2D eigenvalue weighted by Gasteiger charge is 2.22. The number of allylic oxidation sites excluding steroid dienone is 3. The Hall–Kier alpha value is -1.65. The van der Waals surface area contributed by atoms with Crippen molar-refractivity contribution in [1.29, 1.82) is 0 Å². The Morgan fingerprint density at radius 2 is 1.89 bits per heavy atom. The van der Waals surface area contributed by atoms with Gasteiger partial charge in [0.15, 0.2) is 0 Å². The Kier molecular flexibility index (Phi) is 3.79. The lowest BCUT2D eigenvalue weighted by atomic mass is 10.1. The van der Waals surface area contributed by atoms with Crippen molar-refractivity contribution in [2.24, 2.45) is 4.99 Å². The zero-order valence-corrected chi connectivity index (χ0v) is 11.6. The van der Waals surface area contributed by atoms with Crippen molar-refractivity contribution in [3.8, 4) is 0 Å². The van der Waals surface area contributed by atoms with E-state index in [1.807, 2.05) is 42.7 Å². The molecule has 0 unspecified atom stereocenters. The summed E-state index contributed by atoms with van der Waals surface area (Å²) in [6.45, 7) is 2.02. The van der Waals surface area contributed by atoms with Crippen LogP contribution in [0, 0.1) is 0 Å². The number of fused-ring (bicyclic) bond motifs is 1. The van der Waals surface area contributed by atoms with Gasteiger partial charge in [-0.25, -0.2) is 0 Å². The molecule has 3 rings (SSSR count). The lowest BCUT2D eigenvalue weighted by Crippen LogP contribution is -3.00. The first-order chi connectivity index (χ1) is 8.34. The molecule has 0 aliphatic carbocycles. The highest BCUT2D eigenvalue weighted by atomic mass is 79.9. The Balaban J connectivity index is 0.00000120. The van der Waals surface area contributed by atoms with Crippen LogP contribution >= 0.6 is 0 Å². The minimum Gasteiger partial charge on any atom is -1.00 e. The first-order valence-electron chi connectivity index (χ1n) is 5.68. The second kappa shape index (κ2) is 5.33. The van der Waals surface area contributed by atoms with Gasteiger partial charge in [-0.1, -0.05) is 36.4 Å². The summed E-state index contributed by atoms with van der Waals surface area (Å²) in [6, 6.07) is 10.3. The predicted molar refractivity (Wildman–Crippen MR) is 68.5 cm³/mol. The van der Waals surface area contributed by atoms with Crippen LogP contribution in [0.2, 0.25) is 0 Å². The van der Waals surface area contributed by atoms with E-state index in [1.54, 1.807) is 0 Å². The third-order valence-electron chi connectivity index (χ3n) is 2.79. The topological polar surface area (TPSA) is 32.2 Å². The molecule has 2 aliphatic rings. The number of benzene rings is 1. The SMILES string of the molecule is CC1=NC(c2ccccc2)=C2C=CC=CN2[NH2+]1.[Br-]. The monoisotopic (exact) mass is 303 g/mol. The number of hydrogen-bond acceptors (Lipinski definition) is 2. The molecule has 2 heterocycles. The van der Waals surface area contributed by atoms with Crippen LogP contribution in [0.1, 0.15) is 12.5 Å². The van der Waals surface area contributed by atoms with Gasteiger partial charge in [0.05, 0.1) is 6.20 Å². The van der Waals surface area contributed by atoms with Crippen molar-refractivity contribution in [3.63, 3.8) is 0 Å². The van der Waals surface area contributed by atoms with E-state index in [1.165, 1.54) is 0 Å². The highest BCUT2D eigenvalue weighted by Crippen LogP contribution is 2.25. The van der Waals surface area contributed by atoms with Gasteiger partial charge in [0.25, 0.3) is 0 Å². The van der Waals surface area contributed by atoms with Crippen molar-refractivity contribution in [2.45, 2.75) is 6.92 Å².